The quantitative estimate of drug-likeness (QED) is 0.426. The molecule has 4 N–H and O–H groups in total. The lowest BCUT2D eigenvalue weighted by atomic mass is 9.80. The lowest BCUT2D eigenvalue weighted by Gasteiger charge is -2.27. The summed E-state index contributed by atoms with van der Waals surface area (Å²) in [6.07, 6.45) is 0.950. The highest BCUT2D eigenvalue weighted by Gasteiger charge is 2.32. The maximum atomic E-state index is 13.5. The first kappa shape index (κ1) is 26.8. The van der Waals surface area contributed by atoms with Gasteiger partial charge in [-0.3, -0.25) is 4.79 Å². The Morgan fingerprint density at radius 2 is 1.46 bits per heavy atom. The van der Waals surface area contributed by atoms with E-state index in [-0.39, 0.29) is 36.0 Å². The third-order valence-electron chi connectivity index (χ3n) is 6.73. The second kappa shape index (κ2) is 11.3. The van der Waals surface area contributed by atoms with E-state index in [0.29, 0.717) is 19.0 Å². The second-order valence-corrected chi connectivity index (χ2v) is 9.59. The van der Waals surface area contributed by atoms with Gasteiger partial charge in [0, 0.05) is 12.6 Å². The van der Waals surface area contributed by atoms with Crippen molar-refractivity contribution in [2.75, 3.05) is 19.6 Å². The standard InChI is InChI=1S/C28H31F2N3O.ClH/c1-28(2,27(34)33-17-26-11-18(15-31)16-32-26)23-13-21(19-3-7-24(29)8-4-19)12-22(14-23)20-5-9-25(30)10-6-20;/h3-10,12-14,18,26,32H,11,15-17,31H2,1-2H3,(H,33,34);1H/t18-,26+;/m1./s1. The van der Waals surface area contributed by atoms with Crippen LogP contribution in [0, 0.1) is 17.6 Å². The van der Waals surface area contributed by atoms with E-state index in [1.54, 1.807) is 24.3 Å². The smallest absolute Gasteiger partial charge is 0.230 e. The van der Waals surface area contributed by atoms with E-state index in [4.69, 9.17) is 5.73 Å². The van der Waals surface area contributed by atoms with Crippen LogP contribution in [0.25, 0.3) is 22.3 Å². The van der Waals surface area contributed by atoms with Crippen molar-refractivity contribution in [2.24, 2.45) is 11.7 Å². The number of benzene rings is 3. The minimum Gasteiger partial charge on any atom is -0.354 e. The van der Waals surface area contributed by atoms with Gasteiger partial charge in [0.05, 0.1) is 5.41 Å². The fraction of sp³-hybridized carbons (Fsp3) is 0.321. The fourth-order valence-electron chi connectivity index (χ4n) is 4.41. The van der Waals surface area contributed by atoms with Crippen molar-refractivity contribution in [3.63, 3.8) is 0 Å². The first-order chi connectivity index (χ1) is 16.3. The molecule has 0 spiro atoms. The molecule has 0 bridgehead atoms. The van der Waals surface area contributed by atoms with Crippen molar-refractivity contribution in [3.05, 3.63) is 83.9 Å². The number of hydrogen-bond donors (Lipinski definition) is 3. The van der Waals surface area contributed by atoms with Crippen LogP contribution in [0.15, 0.2) is 66.7 Å². The molecule has 2 atom stereocenters. The maximum Gasteiger partial charge on any atom is 0.230 e. The molecule has 0 unspecified atom stereocenters. The fourth-order valence-corrected chi connectivity index (χ4v) is 4.41. The van der Waals surface area contributed by atoms with Gasteiger partial charge in [-0.1, -0.05) is 36.4 Å². The Bertz CT molecular complexity index is 1090. The van der Waals surface area contributed by atoms with Gasteiger partial charge in [-0.05, 0) is 97.4 Å². The Morgan fingerprint density at radius 3 is 1.91 bits per heavy atom. The Morgan fingerprint density at radius 1 is 0.943 bits per heavy atom. The maximum absolute atomic E-state index is 13.5. The van der Waals surface area contributed by atoms with Gasteiger partial charge in [0.25, 0.3) is 0 Å². The number of nitrogens with one attached hydrogen (secondary N) is 2. The van der Waals surface area contributed by atoms with E-state index in [1.807, 2.05) is 32.0 Å². The van der Waals surface area contributed by atoms with Crippen LogP contribution in [0.3, 0.4) is 0 Å². The molecule has 0 aliphatic carbocycles. The summed E-state index contributed by atoms with van der Waals surface area (Å²) in [5.41, 5.74) is 9.17. The summed E-state index contributed by atoms with van der Waals surface area (Å²) in [7, 11) is 0. The molecule has 35 heavy (non-hydrogen) atoms. The summed E-state index contributed by atoms with van der Waals surface area (Å²) in [6, 6.07) is 18.7. The minimum absolute atomic E-state index is 0. The van der Waals surface area contributed by atoms with E-state index in [0.717, 1.165) is 40.8 Å². The van der Waals surface area contributed by atoms with Gasteiger partial charge in [0.1, 0.15) is 11.6 Å². The van der Waals surface area contributed by atoms with Gasteiger partial charge >= 0.3 is 0 Å². The third-order valence-corrected chi connectivity index (χ3v) is 6.73. The SMILES string of the molecule is CC(C)(C(=O)NC[C@@H]1C[C@H](CN)CN1)c1cc(-c2ccc(F)cc2)cc(-c2ccc(F)cc2)c1.Cl. The Balaban J connectivity index is 0.00000342. The molecule has 186 valence electrons. The van der Waals surface area contributed by atoms with Crippen molar-refractivity contribution in [2.45, 2.75) is 31.7 Å². The lowest BCUT2D eigenvalue weighted by molar-refractivity contribution is -0.125. The number of carbonyl (C=O) groups is 1. The van der Waals surface area contributed by atoms with E-state index in [2.05, 4.69) is 10.6 Å². The molecule has 1 fully saturated rings. The largest absolute Gasteiger partial charge is 0.354 e. The van der Waals surface area contributed by atoms with Crippen LogP contribution in [0.1, 0.15) is 25.8 Å². The zero-order valence-electron chi connectivity index (χ0n) is 20.0. The van der Waals surface area contributed by atoms with Crippen molar-refractivity contribution in [1.29, 1.82) is 0 Å². The second-order valence-electron chi connectivity index (χ2n) is 9.59. The van der Waals surface area contributed by atoms with Crippen molar-refractivity contribution >= 4 is 18.3 Å². The summed E-state index contributed by atoms with van der Waals surface area (Å²) in [5, 5.41) is 6.52. The van der Waals surface area contributed by atoms with Crippen molar-refractivity contribution in [1.82, 2.24) is 10.6 Å². The highest BCUT2D eigenvalue weighted by Crippen LogP contribution is 2.34. The van der Waals surface area contributed by atoms with Crippen molar-refractivity contribution in [3.8, 4) is 22.3 Å². The molecule has 1 aliphatic heterocycles. The van der Waals surface area contributed by atoms with Gasteiger partial charge in [-0.25, -0.2) is 8.78 Å². The minimum atomic E-state index is -0.823. The van der Waals surface area contributed by atoms with E-state index in [9.17, 15) is 13.6 Å². The van der Waals surface area contributed by atoms with Crippen molar-refractivity contribution < 1.29 is 13.6 Å². The van der Waals surface area contributed by atoms with E-state index >= 15 is 0 Å². The summed E-state index contributed by atoms with van der Waals surface area (Å²) in [6.45, 7) is 5.85. The first-order valence-electron chi connectivity index (χ1n) is 11.7. The summed E-state index contributed by atoms with van der Waals surface area (Å²) >= 11 is 0. The Hall–Kier alpha value is -2.80. The predicted molar refractivity (Wildman–Crippen MR) is 139 cm³/mol. The molecule has 1 aliphatic rings. The molecule has 1 saturated heterocycles. The molecule has 3 aromatic carbocycles. The molecule has 0 aromatic heterocycles. The zero-order chi connectivity index (χ0) is 24.3. The summed E-state index contributed by atoms with van der Waals surface area (Å²) in [4.78, 5) is 13.3. The first-order valence-corrected chi connectivity index (χ1v) is 11.7. The number of halogens is 3. The van der Waals surface area contributed by atoms with Crippen LogP contribution in [0.2, 0.25) is 0 Å². The van der Waals surface area contributed by atoms with Crippen LogP contribution < -0.4 is 16.4 Å². The molecule has 0 radical (unpaired) electrons. The van der Waals surface area contributed by atoms with Crippen LogP contribution in [0.5, 0.6) is 0 Å². The predicted octanol–water partition coefficient (Wildman–Crippen LogP) is 5.05. The van der Waals surface area contributed by atoms with E-state index in [1.165, 1.54) is 24.3 Å². The average Bonchev–Trinajstić information content (AvgIpc) is 3.31. The summed E-state index contributed by atoms with van der Waals surface area (Å²) in [5.74, 6) is -0.251. The van der Waals surface area contributed by atoms with E-state index < -0.39 is 5.41 Å². The summed E-state index contributed by atoms with van der Waals surface area (Å²) < 4.78 is 27.0. The number of rotatable bonds is 7. The Labute approximate surface area is 211 Å². The molecule has 7 heteroatoms. The van der Waals surface area contributed by atoms with Gasteiger partial charge in [0.15, 0.2) is 0 Å². The van der Waals surface area contributed by atoms with Gasteiger partial charge in [0.2, 0.25) is 5.91 Å². The highest BCUT2D eigenvalue weighted by molar-refractivity contribution is 5.89. The monoisotopic (exact) mass is 499 g/mol. The van der Waals surface area contributed by atoms with Crippen LogP contribution in [0.4, 0.5) is 8.78 Å². The van der Waals surface area contributed by atoms with Crippen LogP contribution in [-0.4, -0.2) is 31.6 Å². The molecule has 1 amide bonds. The molecule has 4 nitrogen and oxygen atoms in total. The van der Waals surface area contributed by atoms with Crippen LogP contribution >= 0.6 is 12.4 Å². The molecular formula is C28H32ClF2N3O. The molecule has 3 aromatic rings. The Kier molecular flexibility index (Phi) is 8.65. The van der Waals surface area contributed by atoms with Gasteiger partial charge < -0.3 is 16.4 Å². The third kappa shape index (κ3) is 6.26. The molecule has 4 rings (SSSR count). The van der Waals surface area contributed by atoms with Crippen LogP contribution in [-0.2, 0) is 10.2 Å². The molecule has 0 saturated carbocycles. The number of hydrogen-bond acceptors (Lipinski definition) is 3. The molecular weight excluding hydrogens is 468 g/mol. The van der Waals surface area contributed by atoms with Gasteiger partial charge in [-0.2, -0.15) is 0 Å². The van der Waals surface area contributed by atoms with Gasteiger partial charge in [-0.15, -0.1) is 12.4 Å². The topological polar surface area (TPSA) is 67.2 Å². The zero-order valence-corrected chi connectivity index (χ0v) is 20.8. The number of amides is 1. The normalized spacial score (nSPS) is 17.6. The number of carbonyl (C=O) groups excluding carboxylic acids is 1. The number of nitrogens with two attached hydrogens (primary N) is 1. The molecule has 1 heterocycles. The average molecular weight is 500 g/mol. The highest BCUT2D eigenvalue weighted by atomic mass is 35.5. The lowest BCUT2D eigenvalue weighted by Crippen LogP contribution is -2.45.